The van der Waals surface area contributed by atoms with Crippen molar-refractivity contribution < 1.29 is 9.21 Å². The third-order valence-corrected chi connectivity index (χ3v) is 4.98. The Morgan fingerprint density at radius 3 is 2.37 bits per heavy atom. The fraction of sp³-hybridized carbons (Fsp3) is 0.286. The average Bonchev–Trinajstić information content (AvgIpc) is 3.19. The monoisotopic (exact) mass is 381 g/mol. The molecule has 0 saturated heterocycles. The van der Waals surface area contributed by atoms with E-state index in [-0.39, 0.29) is 5.91 Å². The van der Waals surface area contributed by atoms with Gasteiger partial charge in [0.2, 0.25) is 5.91 Å². The fourth-order valence-electron chi connectivity index (χ4n) is 3.02. The summed E-state index contributed by atoms with van der Waals surface area (Å²) in [6.45, 7) is 4.37. The Bertz CT molecular complexity index is 872. The highest BCUT2D eigenvalue weighted by Gasteiger charge is 2.18. The van der Waals surface area contributed by atoms with Crippen LogP contribution in [0.15, 0.2) is 58.3 Å². The van der Waals surface area contributed by atoms with Gasteiger partial charge in [-0.05, 0) is 56.4 Å². The van der Waals surface area contributed by atoms with Crippen molar-refractivity contribution >= 4 is 23.4 Å². The minimum absolute atomic E-state index is 0.0466. The zero-order valence-electron chi connectivity index (χ0n) is 15.8. The molecule has 1 amide bonds. The van der Waals surface area contributed by atoms with Crippen LogP contribution in [0.2, 0.25) is 0 Å². The number of furan rings is 1. The first-order valence-electron chi connectivity index (χ1n) is 8.84. The van der Waals surface area contributed by atoms with E-state index in [4.69, 9.17) is 4.42 Å². The topological polar surface area (TPSA) is 59.2 Å². The Labute approximate surface area is 163 Å². The lowest BCUT2D eigenvalue weighted by molar-refractivity contribution is -0.118. The lowest BCUT2D eigenvalue weighted by Crippen LogP contribution is -2.30. The molecular formula is C21H23N3O2S. The molecule has 5 nitrogen and oxygen atoms in total. The van der Waals surface area contributed by atoms with Crippen molar-refractivity contribution in [1.82, 2.24) is 9.97 Å². The third kappa shape index (κ3) is 4.77. The van der Waals surface area contributed by atoms with Crippen LogP contribution in [0.1, 0.15) is 29.1 Å². The molecule has 6 heteroatoms. The average molecular weight is 382 g/mol. The largest absolute Gasteiger partial charge is 0.467 e. The van der Waals surface area contributed by atoms with Gasteiger partial charge in [-0.2, -0.15) is 0 Å². The van der Waals surface area contributed by atoms with Crippen molar-refractivity contribution in [2.24, 2.45) is 0 Å². The Morgan fingerprint density at radius 2 is 1.78 bits per heavy atom. The van der Waals surface area contributed by atoms with Crippen LogP contribution < -0.4 is 4.90 Å². The third-order valence-electron chi connectivity index (χ3n) is 4.43. The Balaban J connectivity index is 1.77. The van der Waals surface area contributed by atoms with Gasteiger partial charge >= 0.3 is 0 Å². The standard InChI is InChI=1S/C21H23N3O2S/c1-15-19(16(2)23-21(22-15)27-3)11-12-20(25)24(14-18-10-7-13-26-18)17-8-5-4-6-9-17/h4-10,13H,11-12,14H2,1-3H3. The SMILES string of the molecule is CSc1nc(C)c(CCC(=O)N(Cc2ccco2)c2ccccc2)c(C)n1. The molecule has 2 aromatic heterocycles. The highest BCUT2D eigenvalue weighted by Crippen LogP contribution is 2.21. The maximum Gasteiger partial charge on any atom is 0.227 e. The van der Waals surface area contributed by atoms with Gasteiger partial charge in [-0.15, -0.1) is 0 Å². The van der Waals surface area contributed by atoms with Crippen LogP contribution in [-0.2, 0) is 17.8 Å². The molecule has 0 fully saturated rings. The number of hydrogen-bond acceptors (Lipinski definition) is 5. The van der Waals surface area contributed by atoms with Crippen LogP contribution >= 0.6 is 11.8 Å². The summed E-state index contributed by atoms with van der Waals surface area (Å²) in [7, 11) is 0. The highest BCUT2D eigenvalue weighted by atomic mass is 32.2. The number of hydrogen-bond donors (Lipinski definition) is 0. The summed E-state index contributed by atoms with van der Waals surface area (Å²) in [6, 6.07) is 13.4. The summed E-state index contributed by atoms with van der Waals surface area (Å²) in [4.78, 5) is 23.8. The summed E-state index contributed by atoms with van der Waals surface area (Å²) in [5.74, 6) is 0.803. The zero-order chi connectivity index (χ0) is 19.2. The second-order valence-electron chi connectivity index (χ2n) is 6.25. The van der Waals surface area contributed by atoms with Crippen molar-refractivity contribution in [2.75, 3.05) is 11.2 Å². The van der Waals surface area contributed by atoms with Crippen LogP contribution in [0.25, 0.3) is 0 Å². The Hall–Kier alpha value is -2.60. The van der Waals surface area contributed by atoms with E-state index >= 15 is 0 Å². The molecule has 3 rings (SSSR count). The first-order valence-corrected chi connectivity index (χ1v) is 10.1. The van der Waals surface area contributed by atoms with Gasteiger partial charge < -0.3 is 9.32 Å². The van der Waals surface area contributed by atoms with Crippen molar-refractivity contribution in [2.45, 2.75) is 38.4 Å². The van der Waals surface area contributed by atoms with Crippen molar-refractivity contribution in [1.29, 1.82) is 0 Å². The minimum Gasteiger partial charge on any atom is -0.467 e. The van der Waals surface area contributed by atoms with Crippen LogP contribution in [0.3, 0.4) is 0 Å². The quantitative estimate of drug-likeness (QED) is 0.443. The second-order valence-corrected chi connectivity index (χ2v) is 7.03. The van der Waals surface area contributed by atoms with Gasteiger partial charge in [0.1, 0.15) is 5.76 Å². The van der Waals surface area contributed by atoms with Crippen molar-refractivity contribution in [3.8, 4) is 0 Å². The molecule has 0 radical (unpaired) electrons. The van der Waals surface area contributed by atoms with E-state index in [1.807, 2.05) is 62.6 Å². The normalized spacial score (nSPS) is 10.8. The lowest BCUT2D eigenvalue weighted by Gasteiger charge is -2.22. The smallest absolute Gasteiger partial charge is 0.227 e. The first kappa shape index (κ1) is 19.2. The molecular weight excluding hydrogens is 358 g/mol. The fourth-order valence-corrected chi connectivity index (χ4v) is 3.47. The number of anilines is 1. The molecule has 0 saturated carbocycles. The second kappa shape index (κ2) is 8.86. The molecule has 140 valence electrons. The molecule has 3 aromatic rings. The number of carbonyl (C=O) groups is 1. The Kier molecular flexibility index (Phi) is 6.29. The Morgan fingerprint density at radius 1 is 1.07 bits per heavy atom. The molecule has 0 aliphatic rings. The molecule has 0 atom stereocenters. The van der Waals surface area contributed by atoms with E-state index in [1.165, 1.54) is 11.8 Å². The molecule has 0 unspecified atom stereocenters. The molecule has 0 aliphatic carbocycles. The van der Waals surface area contributed by atoms with E-state index < -0.39 is 0 Å². The number of nitrogens with zero attached hydrogens (tertiary/aromatic N) is 3. The minimum atomic E-state index is 0.0466. The number of benzene rings is 1. The van der Waals surface area contributed by atoms with Gasteiger partial charge in [0, 0.05) is 23.5 Å². The number of carbonyl (C=O) groups excluding carboxylic acids is 1. The maximum absolute atomic E-state index is 13.0. The molecule has 0 spiro atoms. The number of aromatic nitrogens is 2. The number of thioether (sulfide) groups is 1. The van der Waals surface area contributed by atoms with Crippen LogP contribution in [0, 0.1) is 13.8 Å². The molecule has 0 N–H and O–H groups in total. The van der Waals surface area contributed by atoms with Crippen LogP contribution in [-0.4, -0.2) is 22.1 Å². The first-order chi connectivity index (χ1) is 13.1. The summed E-state index contributed by atoms with van der Waals surface area (Å²) < 4.78 is 5.45. The van der Waals surface area contributed by atoms with E-state index in [9.17, 15) is 4.79 Å². The zero-order valence-corrected chi connectivity index (χ0v) is 16.6. The number of amides is 1. The van der Waals surface area contributed by atoms with E-state index in [1.54, 1.807) is 11.2 Å². The van der Waals surface area contributed by atoms with Gasteiger partial charge in [0.05, 0.1) is 12.8 Å². The van der Waals surface area contributed by atoms with Gasteiger partial charge in [0.15, 0.2) is 5.16 Å². The number of aryl methyl sites for hydroxylation is 2. The van der Waals surface area contributed by atoms with Gasteiger partial charge in [-0.1, -0.05) is 30.0 Å². The van der Waals surface area contributed by atoms with Gasteiger partial charge in [-0.25, -0.2) is 9.97 Å². The number of para-hydroxylation sites is 1. The van der Waals surface area contributed by atoms with Crippen molar-refractivity contribution in [3.05, 3.63) is 71.4 Å². The molecule has 27 heavy (non-hydrogen) atoms. The molecule has 0 bridgehead atoms. The van der Waals surface area contributed by atoms with Crippen molar-refractivity contribution in [3.63, 3.8) is 0 Å². The molecule has 0 aliphatic heterocycles. The summed E-state index contributed by atoms with van der Waals surface area (Å²) >= 11 is 1.53. The van der Waals surface area contributed by atoms with E-state index in [0.717, 1.165) is 33.6 Å². The predicted molar refractivity (Wildman–Crippen MR) is 108 cm³/mol. The highest BCUT2D eigenvalue weighted by molar-refractivity contribution is 7.98. The van der Waals surface area contributed by atoms with E-state index in [2.05, 4.69) is 9.97 Å². The van der Waals surface area contributed by atoms with Gasteiger partial charge in [0.25, 0.3) is 0 Å². The molecule has 1 aromatic carbocycles. The number of rotatable bonds is 7. The summed E-state index contributed by atoms with van der Waals surface area (Å²) in [5, 5.41) is 0.767. The summed E-state index contributed by atoms with van der Waals surface area (Å²) in [5.41, 5.74) is 3.79. The molecule has 2 heterocycles. The maximum atomic E-state index is 13.0. The van der Waals surface area contributed by atoms with E-state index in [0.29, 0.717) is 19.4 Å². The summed E-state index contributed by atoms with van der Waals surface area (Å²) in [6.07, 6.45) is 4.59. The predicted octanol–water partition coefficient (Wildman–Crippen LogP) is 4.57. The lowest BCUT2D eigenvalue weighted by atomic mass is 10.1. The van der Waals surface area contributed by atoms with Crippen LogP contribution in [0.5, 0.6) is 0 Å². The van der Waals surface area contributed by atoms with Gasteiger partial charge in [-0.3, -0.25) is 4.79 Å². The van der Waals surface area contributed by atoms with Crippen LogP contribution in [0.4, 0.5) is 5.69 Å².